The van der Waals surface area contributed by atoms with Gasteiger partial charge in [-0.25, -0.2) is 0 Å². The molecule has 0 N–H and O–H groups in total. The molecule has 126 valence electrons. The van der Waals surface area contributed by atoms with Gasteiger partial charge in [-0.15, -0.1) is 0 Å². The second kappa shape index (κ2) is 5.69. The van der Waals surface area contributed by atoms with E-state index < -0.39 is 0 Å². The molecule has 2 fully saturated rings. The van der Waals surface area contributed by atoms with Gasteiger partial charge in [0.2, 0.25) is 0 Å². The van der Waals surface area contributed by atoms with E-state index in [4.69, 9.17) is 4.98 Å². The Morgan fingerprint density at radius 3 is 2.44 bits per heavy atom. The summed E-state index contributed by atoms with van der Waals surface area (Å²) in [5.74, 6) is 2.65. The molecule has 1 nitrogen and oxygen atoms in total. The van der Waals surface area contributed by atoms with Gasteiger partial charge in [0.25, 0.3) is 0 Å². The largest absolute Gasteiger partial charge is 0.256 e. The quantitative estimate of drug-likeness (QED) is 0.529. The van der Waals surface area contributed by atoms with E-state index in [1.165, 1.54) is 53.1 Å². The lowest BCUT2D eigenvalue weighted by Gasteiger charge is -2.24. The number of hydrogen-bond acceptors (Lipinski definition) is 1. The molecule has 1 aromatic heterocycles. The van der Waals surface area contributed by atoms with Crippen molar-refractivity contribution in [3.8, 4) is 11.3 Å². The van der Waals surface area contributed by atoms with E-state index >= 15 is 0 Å². The minimum atomic E-state index is 0.761. The number of fused-ring (bicyclic) bond motifs is 3. The van der Waals surface area contributed by atoms with Gasteiger partial charge in [-0.2, -0.15) is 0 Å². The molecule has 2 aliphatic carbocycles. The molecule has 2 bridgehead atoms. The summed E-state index contributed by atoms with van der Waals surface area (Å²) in [6.45, 7) is 4.34. The van der Waals surface area contributed by atoms with Crippen LogP contribution in [-0.2, 0) is 0 Å². The number of hydrogen-bond donors (Lipinski definition) is 0. The lowest BCUT2D eigenvalue weighted by molar-refractivity contribution is 0.422. The molecule has 3 unspecified atom stereocenters. The fraction of sp³-hybridized carbons (Fsp3) is 0.375. The smallest absolute Gasteiger partial charge is 0.0780 e. The highest BCUT2D eigenvalue weighted by Crippen LogP contribution is 2.54. The second-order valence-electron chi connectivity index (χ2n) is 8.26. The van der Waals surface area contributed by atoms with E-state index in [9.17, 15) is 0 Å². The first kappa shape index (κ1) is 15.1. The van der Waals surface area contributed by atoms with Crippen molar-refractivity contribution in [1.82, 2.24) is 4.98 Å². The van der Waals surface area contributed by atoms with Crippen LogP contribution in [0.15, 0.2) is 48.7 Å². The summed E-state index contributed by atoms with van der Waals surface area (Å²) < 4.78 is 0. The maximum atomic E-state index is 4.78. The Labute approximate surface area is 150 Å². The van der Waals surface area contributed by atoms with Gasteiger partial charge in [-0.1, -0.05) is 41.8 Å². The molecular weight excluding hydrogens is 302 g/mol. The molecule has 2 aromatic carbocycles. The van der Waals surface area contributed by atoms with Gasteiger partial charge >= 0.3 is 0 Å². The zero-order valence-electron chi connectivity index (χ0n) is 15.1. The molecule has 5 rings (SSSR count). The van der Waals surface area contributed by atoms with Gasteiger partial charge < -0.3 is 0 Å². The number of rotatable bonds is 2. The molecule has 0 spiro atoms. The molecule has 0 radical (unpaired) electrons. The maximum absolute atomic E-state index is 4.78. The Bertz CT molecular complexity index is 935. The Balaban J connectivity index is 1.68. The summed E-state index contributed by atoms with van der Waals surface area (Å²) in [5, 5.41) is 2.73. The van der Waals surface area contributed by atoms with E-state index in [0.717, 1.165) is 23.4 Å². The molecule has 2 saturated carbocycles. The zero-order valence-corrected chi connectivity index (χ0v) is 15.1. The van der Waals surface area contributed by atoms with Crippen LogP contribution in [0.2, 0.25) is 0 Å². The van der Waals surface area contributed by atoms with Crippen LogP contribution >= 0.6 is 0 Å². The molecule has 0 saturated heterocycles. The predicted molar refractivity (Wildman–Crippen MR) is 105 cm³/mol. The normalized spacial score (nSPS) is 25.0. The Morgan fingerprint density at radius 1 is 0.880 bits per heavy atom. The third-order valence-corrected chi connectivity index (χ3v) is 6.47. The van der Waals surface area contributed by atoms with Gasteiger partial charge in [0.15, 0.2) is 0 Å². The topological polar surface area (TPSA) is 12.9 Å². The second-order valence-corrected chi connectivity index (χ2v) is 8.26. The molecule has 0 aliphatic heterocycles. The molecule has 3 atom stereocenters. The van der Waals surface area contributed by atoms with Gasteiger partial charge in [-0.3, -0.25) is 4.98 Å². The summed E-state index contributed by atoms with van der Waals surface area (Å²) in [6.07, 6.45) is 7.75. The number of pyridine rings is 1. The third-order valence-electron chi connectivity index (χ3n) is 6.47. The predicted octanol–water partition coefficient (Wildman–Crippen LogP) is 6.42. The van der Waals surface area contributed by atoms with E-state index in [1.807, 2.05) is 6.20 Å². The van der Waals surface area contributed by atoms with Crippen molar-refractivity contribution < 1.29 is 0 Å². The molecular formula is C24H25N. The number of benzene rings is 2. The standard InChI is InChI=1S/C24H25N/c1-15-10-16(2)12-19(11-15)24-22-5-3-4-20(21(22)8-9-25-24)23-14-17-6-7-18(23)13-17/h3-5,8-12,17-18,23H,6-7,13-14H2,1-2H3. The third kappa shape index (κ3) is 2.49. The Kier molecular flexibility index (Phi) is 3.45. The van der Waals surface area contributed by atoms with E-state index in [0.29, 0.717) is 0 Å². The zero-order chi connectivity index (χ0) is 17.0. The van der Waals surface area contributed by atoms with Crippen LogP contribution in [0.5, 0.6) is 0 Å². The van der Waals surface area contributed by atoms with E-state index in [-0.39, 0.29) is 0 Å². The van der Waals surface area contributed by atoms with Crippen LogP contribution < -0.4 is 0 Å². The van der Waals surface area contributed by atoms with Crippen LogP contribution in [0, 0.1) is 25.7 Å². The fourth-order valence-corrected chi connectivity index (χ4v) is 5.52. The summed E-state index contributed by atoms with van der Waals surface area (Å²) in [5.41, 5.74) is 6.55. The molecule has 0 amide bonds. The van der Waals surface area contributed by atoms with Crippen molar-refractivity contribution in [3.05, 3.63) is 65.4 Å². The highest BCUT2D eigenvalue weighted by molar-refractivity contribution is 5.96. The van der Waals surface area contributed by atoms with Crippen molar-refractivity contribution in [2.75, 3.05) is 0 Å². The molecule has 1 heteroatoms. The van der Waals surface area contributed by atoms with Crippen LogP contribution in [0.25, 0.3) is 22.0 Å². The van der Waals surface area contributed by atoms with Crippen molar-refractivity contribution >= 4 is 10.8 Å². The van der Waals surface area contributed by atoms with Crippen LogP contribution in [0.3, 0.4) is 0 Å². The number of aromatic nitrogens is 1. The average Bonchev–Trinajstić information content (AvgIpc) is 3.23. The van der Waals surface area contributed by atoms with Crippen LogP contribution in [-0.4, -0.2) is 4.98 Å². The minimum absolute atomic E-state index is 0.761. The molecule has 1 heterocycles. The summed E-state index contributed by atoms with van der Waals surface area (Å²) >= 11 is 0. The van der Waals surface area contributed by atoms with Crippen molar-refractivity contribution in [3.63, 3.8) is 0 Å². The van der Waals surface area contributed by atoms with Gasteiger partial charge in [0.05, 0.1) is 5.69 Å². The lowest BCUT2D eigenvalue weighted by atomic mass is 9.81. The first-order valence-electron chi connectivity index (χ1n) is 9.65. The molecule has 2 aliphatic rings. The molecule has 25 heavy (non-hydrogen) atoms. The molecule has 3 aromatic rings. The number of aryl methyl sites for hydroxylation is 2. The van der Waals surface area contributed by atoms with Gasteiger partial charge in [0, 0.05) is 17.1 Å². The monoisotopic (exact) mass is 327 g/mol. The fourth-order valence-electron chi connectivity index (χ4n) is 5.52. The SMILES string of the molecule is Cc1cc(C)cc(-c2nccc3c(C4CC5CCC4C5)cccc23)c1. The van der Waals surface area contributed by atoms with E-state index in [1.54, 1.807) is 5.56 Å². The maximum Gasteiger partial charge on any atom is 0.0780 e. The number of nitrogens with zero attached hydrogens (tertiary/aromatic N) is 1. The van der Waals surface area contributed by atoms with E-state index in [2.05, 4.69) is 56.3 Å². The van der Waals surface area contributed by atoms with Crippen LogP contribution in [0.1, 0.15) is 48.3 Å². The first-order chi connectivity index (χ1) is 12.2. The summed E-state index contributed by atoms with van der Waals surface area (Å²) in [7, 11) is 0. The Morgan fingerprint density at radius 2 is 1.72 bits per heavy atom. The summed E-state index contributed by atoms with van der Waals surface area (Å²) in [6, 6.07) is 15.9. The lowest BCUT2D eigenvalue weighted by Crippen LogP contribution is -2.09. The van der Waals surface area contributed by atoms with Crippen molar-refractivity contribution in [2.45, 2.75) is 45.4 Å². The van der Waals surface area contributed by atoms with Crippen molar-refractivity contribution in [2.24, 2.45) is 11.8 Å². The van der Waals surface area contributed by atoms with Gasteiger partial charge in [-0.05, 0) is 80.0 Å². The average molecular weight is 327 g/mol. The minimum Gasteiger partial charge on any atom is -0.256 e. The van der Waals surface area contributed by atoms with Crippen molar-refractivity contribution in [1.29, 1.82) is 0 Å². The van der Waals surface area contributed by atoms with Gasteiger partial charge in [0.1, 0.15) is 0 Å². The highest BCUT2D eigenvalue weighted by Gasteiger charge is 2.40. The summed E-state index contributed by atoms with van der Waals surface area (Å²) in [4.78, 5) is 4.78. The Hall–Kier alpha value is -2.15. The highest BCUT2D eigenvalue weighted by atomic mass is 14.7. The van der Waals surface area contributed by atoms with Crippen LogP contribution in [0.4, 0.5) is 0 Å². The first-order valence-corrected chi connectivity index (χ1v) is 9.65.